The second-order valence-electron chi connectivity index (χ2n) is 6.40. The fraction of sp³-hybridized carbons (Fsp3) is 0.150. The Morgan fingerprint density at radius 1 is 1.04 bits per heavy atom. The Morgan fingerprint density at radius 3 is 2.63 bits per heavy atom. The number of carbonyl (C=O) groups is 2. The van der Waals surface area contributed by atoms with E-state index in [2.05, 4.69) is 10.3 Å². The number of hydrogen-bond acceptors (Lipinski definition) is 3. The average molecular weight is 367 g/mol. The summed E-state index contributed by atoms with van der Waals surface area (Å²) in [5.41, 5.74) is 1.50. The van der Waals surface area contributed by atoms with Crippen molar-refractivity contribution in [2.24, 2.45) is 5.92 Å². The lowest BCUT2D eigenvalue weighted by atomic mass is 9.97. The first kappa shape index (κ1) is 17.1. The summed E-state index contributed by atoms with van der Waals surface area (Å²) < 4.78 is 26.3. The molecule has 136 valence electrons. The molecule has 27 heavy (non-hydrogen) atoms. The first-order valence-electron chi connectivity index (χ1n) is 8.42. The molecule has 0 spiro atoms. The topological polar surface area (TPSA) is 62.3 Å². The Balaban J connectivity index is 1.41. The lowest BCUT2D eigenvalue weighted by Gasteiger charge is -2.38. The van der Waals surface area contributed by atoms with Crippen LogP contribution < -0.4 is 5.32 Å². The number of likely N-dealkylation sites (tertiary alicyclic amines) is 1. The summed E-state index contributed by atoms with van der Waals surface area (Å²) in [5, 5.41) is 3.71. The summed E-state index contributed by atoms with van der Waals surface area (Å²) in [6.07, 6.45) is 1.68. The van der Waals surface area contributed by atoms with Crippen LogP contribution in [0, 0.1) is 17.6 Å². The highest BCUT2D eigenvalue weighted by molar-refractivity contribution is 6.03. The van der Waals surface area contributed by atoms with Crippen LogP contribution in [0.3, 0.4) is 0 Å². The summed E-state index contributed by atoms with van der Waals surface area (Å²) in [7, 11) is 0. The Morgan fingerprint density at radius 2 is 1.85 bits per heavy atom. The van der Waals surface area contributed by atoms with Crippen molar-refractivity contribution in [3.8, 4) is 0 Å². The van der Waals surface area contributed by atoms with E-state index >= 15 is 0 Å². The molecular weight excluding hydrogens is 352 g/mol. The first-order chi connectivity index (χ1) is 13.0. The van der Waals surface area contributed by atoms with Crippen LogP contribution in [-0.2, 0) is 4.79 Å². The Hall–Kier alpha value is -3.35. The number of halogens is 2. The highest BCUT2D eigenvalue weighted by Crippen LogP contribution is 2.25. The van der Waals surface area contributed by atoms with Gasteiger partial charge in [0, 0.05) is 30.2 Å². The van der Waals surface area contributed by atoms with Gasteiger partial charge in [-0.15, -0.1) is 0 Å². The predicted octanol–water partition coefficient (Wildman–Crippen LogP) is 3.22. The average Bonchev–Trinajstić information content (AvgIpc) is 2.63. The third-order valence-electron chi connectivity index (χ3n) is 4.61. The van der Waals surface area contributed by atoms with Crippen molar-refractivity contribution < 1.29 is 18.4 Å². The molecule has 1 aliphatic rings. The Bertz CT molecular complexity index is 1040. The van der Waals surface area contributed by atoms with Gasteiger partial charge in [-0.3, -0.25) is 14.6 Å². The molecule has 0 unspecified atom stereocenters. The normalized spacial score (nSPS) is 14.1. The first-order valence-corrected chi connectivity index (χ1v) is 8.42. The highest BCUT2D eigenvalue weighted by atomic mass is 19.2. The summed E-state index contributed by atoms with van der Waals surface area (Å²) >= 11 is 0. The zero-order chi connectivity index (χ0) is 19.0. The quantitative estimate of drug-likeness (QED) is 0.773. The third kappa shape index (κ3) is 3.23. The van der Waals surface area contributed by atoms with Gasteiger partial charge < -0.3 is 10.2 Å². The number of rotatable bonds is 3. The summed E-state index contributed by atoms with van der Waals surface area (Å²) in [4.78, 5) is 30.4. The van der Waals surface area contributed by atoms with Gasteiger partial charge >= 0.3 is 0 Å². The summed E-state index contributed by atoms with van der Waals surface area (Å²) in [6, 6.07) is 12.2. The molecule has 7 heteroatoms. The second-order valence-corrected chi connectivity index (χ2v) is 6.40. The zero-order valence-electron chi connectivity index (χ0n) is 14.2. The smallest absolute Gasteiger partial charge is 0.254 e. The molecular formula is C20H15F2N3O2. The van der Waals surface area contributed by atoms with E-state index in [9.17, 15) is 18.4 Å². The highest BCUT2D eigenvalue weighted by Gasteiger charge is 2.36. The number of nitrogens with zero attached hydrogens (tertiary/aromatic N) is 2. The molecule has 4 rings (SSSR count). The van der Waals surface area contributed by atoms with E-state index in [1.54, 1.807) is 18.3 Å². The number of aromatic nitrogens is 1. The number of hydrogen-bond donors (Lipinski definition) is 1. The van der Waals surface area contributed by atoms with Gasteiger partial charge in [0.1, 0.15) is 0 Å². The Kier molecular flexibility index (Phi) is 4.27. The molecule has 1 N–H and O–H groups in total. The molecule has 0 radical (unpaired) electrons. The monoisotopic (exact) mass is 367 g/mol. The van der Waals surface area contributed by atoms with E-state index in [4.69, 9.17) is 0 Å². The minimum Gasteiger partial charge on any atom is -0.337 e. The molecule has 0 bridgehead atoms. The number of benzene rings is 2. The summed E-state index contributed by atoms with van der Waals surface area (Å²) in [5.74, 6) is -3.05. The van der Waals surface area contributed by atoms with Crippen LogP contribution in [0.25, 0.3) is 10.9 Å². The number of nitrogens with one attached hydrogen (secondary N) is 1. The van der Waals surface area contributed by atoms with Crippen LogP contribution in [0.15, 0.2) is 54.7 Å². The fourth-order valence-electron chi connectivity index (χ4n) is 3.07. The third-order valence-corrected chi connectivity index (χ3v) is 4.61. The molecule has 2 heterocycles. The van der Waals surface area contributed by atoms with Crippen molar-refractivity contribution in [1.82, 2.24) is 9.88 Å². The van der Waals surface area contributed by atoms with Gasteiger partial charge in [-0.25, -0.2) is 8.78 Å². The number of anilines is 1. The van der Waals surface area contributed by atoms with Crippen molar-refractivity contribution >= 4 is 28.4 Å². The van der Waals surface area contributed by atoms with E-state index in [1.807, 2.05) is 18.2 Å². The number of fused-ring (bicyclic) bond motifs is 1. The Labute approximate surface area is 153 Å². The van der Waals surface area contributed by atoms with Crippen molar-refractivity contribution in [2.45, 2.75) is 0 Å². The van der Waals surface area contributed by atoms with E-state index in [-0.39, 0.29) is 30.5 Å². The molecule has 1 fully saturated rings. The maximum atomic E-state index is 13.3. The van der Waals surface area contributed by atoms with Crippen molar-refractivity contribution in [3.63, 3.8) is 0 Å². The van der Waals surface area contributed by atoms with Gasteiger partial charge in [0.15, 0.2) is 11.6 Å². The minimum atomic E-state index is -1.07. The molecule has 1 aliphatic heterocycles. The lowest BCUT2D eigenvalue weighted by Crippen LogP contribution is -2.54. The van der Waals surface area contributed by atoms with Gasteiger partial charge in [-0.2, -0.15) is 0 Å². The number of pyridine rings is 1. The van der Waals surface area contributed by atoms with Gasteiger partial charge in [0.2, 0.25) is 5.91 Å². The number of carbonyl (C=O) groups excluding carboxylic acids is 2. The lowest BCUT2D eigenvalue weighted by molar-refractivity contribution is -0.123. The largest absolute Gasteiger partial charge is 0.337 e. The molecule has 5 nitrogen and oxygen atoms in total. The molecule has 0 saturated carbocycles. The number of amides is 2. The minimum absolute atomic E-state index is 0.0629. The van der Waals surface area contributed by atoms with E-state index in [0.29, 0.717) is 5.69 Å². The van der Waals surface area contributed by atoms with Crippen LogP contribution in [0.1, 0.15) is 10.4 Å². The summed E-state index contributed by atoms with van der Waals surface area (Å²) in [6.45, 7) is 0.458. The van der Waals surface area contributed by atoms with E-state index in [0.717, 1.165) is 23.0 Å². The van der Waals surface area contributed by atoms with Crippen LogP contribution in [0.2, 0.25) is 0 Å². The van der Waals surface area contributed by atoms with Crippen molar-refractivity contribution in [2.75, 3.05) is 18.4 Å². The molecule has 2 amide bonds. The molecule has 0 aliphatic carbocycles. The maximum absolute atomic E-state index is 13.3. The van der Waals surface area contributed by atoms with Crippen LogP contribution in [0.4, 0.5) is 14.5 Å². The van der Waals surface area contributed by atoms with Crippen LogP contribution in [-0.4, -0.2) is 34.8 Å². The molecule has 1 aromatic heterocycles. The fourth-order valence-corrected chi connectivity index (χ4v) is 3.07. The SMILES string of the molecule is O=C(Nc1cccc2ncccc12)C1CN(C(=O)c2ccc(F)c(F)c2)C1. The van der Waals surface area contributed by atoms with Crippen molar-refractivity contribution in [3.05, 3.63) is 71.9 Å². The van der Waals surface area contributed by atoms with E-state index in [1.165, 1.54) is 11.0 Å². The molecule has 1 saturated heterocycles. The van der Waals surface area contributed by atoms with E-state index < -0.39 is 17.5 Å². The van der Waals surface area contributed by atoms with Gasteiger partial charge in [0.25, 0.3) is 5.91 Å². The van der Waals surface area contributed by atoms with Gasteiger partial charge in [0.05, 0.1) is 17.1 Å². The van der Waals surface area contributed by atoms with Gasteiger partial charge in [-0.1, -0.05) is 6.07 Å². The van der Waals surface area contributed by atoms with Crippen LogP contribution >= 0.6 is 0 Å². The molecule has 0 atom stereocenters. The molecule has 3 aromatic rings. The van der Waals surface area contributed by atoms with Crippen molar-refractivity contribution in [1.29, 1.82) is 0 Å². The molecule has 2 aromatic carbocycles. The predicted molar refractivity (Wildman–Crippen MR) is 96.1 cm³/mol. The zero-order valence-corrected chi connectivity index (χ0v) is 14.2. The van der Waals surface area contributed by atoms with Gasteiger partial charge in [-0.05, 0) is 42.5 Å². The maximum Gasteiger partial charge on any atom is 0.254 e. The standard InChI is InChI=1S/C20H15F2N3O2/c21-15-7-6-12(9-16(15)22)20(27)25-10-13(11-25)19(26)24-18-5-1-4-17-14(18)3-2-8-23-17/h1-9,13H,10-11H2,(H,24,26). The second kappa shape index (κ2) is 6.75. The van der Waals surface area contributed by atoms with Crippen LogP contribution in [0.5, 0.6) is 0 Å².